The smallest absolute Gasteiger partial charge is 0.276 e. The molecule has 2 aromatic heterocycles. The molecule has 0 spiro atoms. The summed E-state index contributed by atoms with van der Waals surface area (Å²) in [6, 6.07) is 19.0. The molecule has 0 saturated carbocycles. The summed E-state index contributed by atoms with van der Waals surface area (Å²) in [5.74, 6) is 1.81. The van der Waals surface area contributed by atoms with Crippen molar-refractivity contribution in [3.05, 3.63) is 99.8 Å². The minimum absolute atomic E-state index is 0.0400. The van der Waals surface area contributed by atoms with Gasteiger partial charge in [0.05, 0.1) is 26.5 Å². The van der Waals surface area contributed by atoms with Crippen LogP contribution >= 0.6 is 11.8 Å². The van der Waals surface area contributed by atoms with E-state index in [0.29, 0.717) is 40.3 Å². The summed E-state index contributed by atoms with van der Waals surface area (Å²) >= 11 is 1.40. The molecule has 35 heavy (non-hydrogen) atoms. The van der Waals surface area contributed by atoms with Crippen LogP contribution in [0.3, 0.4) is 0 Å². The van der Waals surface area contributed by atoms with Crippen molar-refractivity contribution in [2.45, 2.75) is 17.5 Å². The molecule has 8 nitrogen and oxygen atoms in total. The first-order chi connectivity index (χ1) is 17.1. The van der Waals surface area contributed by atoms with Crippen LogP contribution in [0.4, 0.5) is 11.4 Å². The molecule has 2 aromatic carbocycles. The van der Waals surface area contributed by atoms with E-state index in [1.54, 1.807) is 44.7 Å². The molecule has 0 aliphatic heterocycles. The van der Waals surface area contributed by atoms with Crippen molar-refractivity contribution in [2.75, 3.05) is 19.5 Å². The van der Waals surface area contributed by atoms with Crippen LogP contribution in [0.25, 0.3) is 16.1 Å². The molecule has 0 aliphatic rings. The van der Waals surface area contributed by atoms with Gasteiger partial charge in [-0.25, -0.2) is 14.8 Å². The van der Waals surface area contributed by atoms with E-state index in [-0.39, 0.29) is 5.69 Å². The SMILES string of the molecule is [C-]#[N+]c1c(-c2cccc(OC)c2)nc(SCc2cccc(NCc3ccc(OC)nc3)c2)[nH]c1=O. The number of hydrogen-bond acceptors (Lipinski definition) is 7. The average molecular weight is 486 g/mol. The number of thioether (sulfide) groups is 1. The standard InChI is InChI=1S/C26H23N5O3S/c1-27-24-23(19-7-5-9-21(13-19)33-2)30-26(31-25(24)32)35-16-17-6-4-8-20(12-17)28-14-18-10-11-22(34-3)29-15-18/h4-13,15,28H,14,16H2,2-3H3,(H,30,31,32). The third-order valence-corrected chi connectivity index (χ3v) is 6.08. The van der Waals surface area contributed by atoms with Gasteiger partial charge in [-0.3, -0.25) is 4.79 Å². The van der Waals surface area contributed by atoms with Gasteiger partial charge in [0.25, 0.3) is 11.2 Å². The number of nitrogens with zero attached hydrogens (tertiary/aromatic N) is 3. The van der Waals surface area contributed by atoms with E-state index in [4.69, 9.17) is 16.0 Å². The highest BCUT2D eigenvalue weighted by molar-refractivity contribution is 7.98. The molecule has 0 radical (unpaired) electrons. The fourth-order valence-electron chi connectivity index (χ4n) is 3.35. The Kier molecular flexibility index (Phi) is 7.65. The number of ether oxygens (including phenoxy) is 2. The van der Waals surface area contributed by atoms with Crippen LogP contribution in [-0.2, 0) is 12.3 Å². The number of methoxy groups -OCH3 is 2. The van der Waals surface area contributed by atoms with E-state index in [1.165, 1.54) is 11.8 Å². The fraction of sp³-hybridized carbons (Fsp3) is 0.154. The Labute approximate surface area is 207 Å². The summed E-state index contributed by atoms with van der Waals surface area (Å²) in [4.78, 5) is 27.5. The molecular weight excluding hydrogens is 462 g/mol. The molecule has 0 bridgehead atoms. The highest BCUT2D eigenvalue weighted by Crippen LogP contribution is 2.30. The Morgan fingerprint density at radius 1 is 1.06 bits per heavy atom. The predicted octanol–water partition coefficient (Wildman–Crippen LogP) is 5.30. The maximum atomic E-state index is 12.6. The first-order valence-electron chi connectivity index (χ1n) is 10.7. The zero-order valence-corrected chi connectivity index (χ0v) is 20.1. The summed E-state index contributed by atoms with van der Waals surface area (Å²) in [6.07, 6.45) is 1.78. The van der Waals surface area contributed by atoms with Crippen molar-refractivity contribution in [3.8, 4) is 22.9 Å². The third-order valence-electron chi connectivity index (χ3n) is 5.13. The van der Waals surface area contributed by atoms with Crippen LogP contribution in [-0.4, -0.2) is 29.2 Å². The van der Waals surface area contributed by atoms with E-state index in [9.17, 15) is 4.79 Å². The van der Waals surface area contributed by atoms with Gasteiger partial charge in [0.1, 0.15) is 5.75 Å². The number of benzene rings is 2. The largest absolute Gasteiger partial charge is 0.497 e. The van der Waals surface area contributed by atoms with E-state index in [0.717, 1.165) is 16.8 Å². The highest BCUT2D eigenvalue weighted by atomic mass is 32.2. The third kappa shape index (κ3) is 5.99. The predicted molar refractivity (Wildman–Crippen MR) is 137 cm³/mol. The Morgan fingerprint density at radius 2 is 1.91 bits per heavy atom. The minimum atomic E-state index is -0.459. The number of hydrogen-bond donors (Lipinski definition) is 2. The molecule has 0 fully saturated rings. The quantitative estimate of drug-likeness (QED) is 0.189. The van der Waals surface area contributed by atoms with Crippen molar-refractivity contribution in [1.29, 1.82) is 0 Å². The Balaban J connectivity index is 1.48. The van der Waals surface area contributed by atoms with Crippen molar-refractivity contribution in [3.63, 3.8) is 0 Å². The monoisotopic (exact) mass is 485 g/mol. The first kappa shape index (κ1) is 23.9. The number of H-pyrrole nitrogens is 1. The number of anilines is 1. The van der Waals surface area contributed by atoms with Crippen molar-refractivity contribution >= 4 is 23.1 Å². The molecule has 4 aromatic rings. The summed E-state index contributed by atoms with van der Waals surface area (Å²) in [5.41, 5.74) is 3.57. The number of nitrogens with one attached hydrogen (secondary N) is 2. The van der Waals surface area contributed by atoms with Crippen LogP contribution in [0.15, 0.2) is 76.8 Å². The topological polar surface area (TPSA) is 93.5 Å². The second kappa shape index (κ2) is 11.2. The van der Waals surface area contributed by atoms with Crippen molar-refractivity contribution in [1.82, 2.24) is 15.0 Å². The van der Waals surface area contributed by atoms with Gasteiger partial charge in [0.15, 0.2) is 5.16 Å². The Bertz CT molecular complexity index is 1410. The molecule has 0 aliphatic carbocycles. The van der Waals surface area contributed by atoms with Gasteiger partial charge < -0.3 is 19.8 Å². The van der Waals surface area contributed by atoms with Crippen molar-refractivity contribution < 1.29 is 9.47 Å². The molecule has 0 atom stereocenters. The first-order valence-corrected chi connectivity index (χ1v) is 11.7. The van der Waals surface area contributed by atoms with Crippen LogP contribution in [0.2, 0.25) is 0 Å². The van der Waals surface area contributed by atoms with Gasteiger partial charge in [0, 0.05) is 30.2 Å². The summed E-state index contributed by atoms with van der Waals surface area (Å²) in [5, 5.41) is 3.84. The van der Waals surface area contributed by atoms with Gasteiger partial charge >= 0.3 is 0 Å². The molecular formula is C26H23N5O3S. The molecule has 4 rings (SSSR count). The lowest BCUT2D eigenvalue weighted by Crippen LogP contribution is -2.09. The van der Waals surface area contributed by atoms with E-state index >= 15 is 0 Å². The second-order valence-corrected chi connectivity index (χ2v) is 8.43. The molecule has 9 heteroatoms. The van der Waals surface area contributed by atoms with Gasteiger partial charge in [0.2, 0.25) is 5.88 Å². The van der Waals surface area contributed by atoms with Crippen LogP contribution in [0, 0.1) is 6.57 Å². The van der Waals surface area contributed by atoms with Gasteiger partial charge in [-0.05, 0) is 41.0 Å². The lowest BCUT2D eigenvalue weighted by Gasteiger charge is -2.10. The molecule has 0 saturated heterocycles. The molecule has 176 valence electrons. The van der Waals surface area contributed by atoms with Crippen LogP contribution in [0.1, 0.15) is 11.1 Å². The lowest BCUT2D eigenvalue weighted by atomic mass is 10.1. The number of rotatable bonds is 9. The maximum absolute atomic E-state index is 12.6. The van der Waals surface area contributed by atoms with Gasteiger partial charge in [-0.2, -0.15) is 0 Å². The summed E-state index contributed by atoms with van der Waals surface area (Å²) in [7, 11) is 3.16. The normalized spacial score (nSPS) is 10.4. The molecule has 0 amide bonds. The van der Waals surface area contributed by atoms with E-state index < -0.39 is 5.56 Å². The van der Waals surface area contributed by atoms with Gasteiger partial charge in [-0.15, -0.1) is 0 Å². The lowest BCUT2D eigenvalue weighted by molar-refractivity contribution is 0.397. The summed E-state index contributed by atoms with van der Waals surface area (Å²) in [6.45, 7) is 8.07. The van der Waals surface area contributed by atoms with Crippen LogP contribution in [0.5, 0.6) is 11.6 Å². The Hall–Kier alpha value is -4.29. The number of aromatic amines is 1. The van der Waals surface area contributed by atoms with E-state index in [1.807, 2.05) is 30.3 Å². The number of aromatic nitrogens is 3. The van der Waals surface area contributed by atoms with Gasteiger partial charge in [-0.1, -0.05) is 42.1 Å². The maximum Gasteiger partial charge on any atom is 0.276 e. The van der Waals surface area contributed by atoms with E-state index in [2.05, 4.69) is 31.2 Å². The average Bonchev–Trinajstić information content (AvgIpc) is 2.91. The number of pyridine rings is 1. The highest BCUT2D eigenvalue weighted by Gasteiger charge is 2.15. The molecule has 2 heterocycles. The van der Waals surface area contributed by atoms with Crippen molar-refractivity contribution in [2.24, 2.45) is 0 Å². The van der Waals surface area contributed by atoms with Crippen LogP contribution < -0.4 is 20.3 Å². The zero-order valence-electron chi connectivity index (χ0n) is 19.2. The summed E-state index contributed by atoms with van der Waals surface area (Å²) < 4.78 is 10.4. The molecule has 0 unspecified atom stereocenters. The zero-order chi connectivity index (χ0) is 24.6. The fourth-order valence-corrected chi connectivity index (χ4v) is 4.16. The second-order valence-electron chi connectivity index (χ2n) is 7.46. The minimum Gasteiger partial charge on any atom is -0.497 e. The Morgan fingerprint density at radius 3 is 2.66 bits per heavy atom. The molecule has 2 N–H and O–H groups in total.